The molecule has 1 aromatic heterocycles. The minimum absolute atomic E-state index is 0.288. The number of carbonyl (C=O) groups is 1. The number of hydrogen-bond donors (Lipinski definition) is 1. The van der Waals surface area contributed by atoms with E-state index >= 15 is 0 Å². The molecule has 10 heteroatoms. The maximum Gasteiger partial charge on any atom is 0.459 e. The van der Waals surface area contributed by atoms with Gasteiger partial charge >= 0.3 is 18.1 Å². The Labute approximate surface area is 96.0 Å². The molecule has 98 valence electrons. The van der Waals surface area contributed by atoms with Crippen LogP contribution in [0.2, 0.25) is 0 Å². The molecule has 0 fully saturated rings. The third-order valence-corrected chi connectivity index (χ3v) is 2.02. The molecular formula is C8H4F5N3O2. The molecule has 1 N–H and O–H groups in total. The van der Waals surface area contributed by atoms with E-state index < -0.39 is 35.0 Å². The summed E-state index contributed by atoms with van der Waals surface area (Å²) in [6.07, 6.45) is -5.97. The van der Waals surface area contributed by atoms with E-state index in [9.17, 15) is 26.7 Å². The van der Waals surface area contributed by atoms with Gasteiger partial charge in [-0.05, 0) is 0 Å². The van der Waals surface area contributed by atoms with E-state index in [1.807, 2.05) is 0 Å². The normalized spacial score (nSPS) is 12.3. The van der Waals surface area contributed by atoms with E-state index in [0.29, 0.717) is 0 Å². The second-order valence-corrected chi connectivity index (χ2v) is 3.18. The van der Waals surface area contributed by atoms with Crippen molar-refractivity contribution in [3.05, 3.63) is 17.0 Å². The van der Waals surface area contributed by atoms with Gasteiger partial charge in [0.25, 0.3) is 0 Å². The lowest BCUT2D eigenvalue weighted by molar-refractivity contribution is -0.291. The van der Waals surface area contributed by atoms with Crippen molar-refractivity contribution in [2.45, 2.75) is 12.1 Å². The fourth-order valence-electron chi connectivity index (χ4n) is 1.23. The number of aromatic carboxylic acids is 1. The Morgan fingerprint density at radius 1 is 1.39 bits per heavy atom. The first-order chi connectivity index (χ1) is 8.04. The summed E-state index contributed by atoms with van der Waals surface area (Å²) in [5.41, 5.74) is -4.26. The van der Waals surface area contributed by atoms with Gasteiger partial charge in [0.2, 0.25) is 0 Å². The highest BCUT2D eigenvalue weighted by Crippen LogP contribution is 2.44. The monoisotopic (exact) mass is 269 g/mol. The fourth-order valence-corrected chi connectivity index (χ4v) is 1.23. The van der Waals surface area contributed by atoms with Gasteiger partial charge in [-0.2, -0.15) is 32.3 Å². The van der Waals surface area contributed by atoms with Crippen molar-refractivity contribution in [1.29, 1.82) is 5.26 Å². The molecule has 1 rings (SSSR count). The molecule has 18 heavy (non-hydrogen) atoms. The molecular weight excluding hydrogens is 265 g/mol. The minimum Gasteiger partial charge on any atom is -0.476 e. The largest absolute Gasteiger partial charge is 0.476 e. The summed E-state index contributed by atoms with van der Waals surface area (Å²) in [4.78, 5) is 10.7. The third-order valence-electron chi connectivity index (χ3n) is 2.02. The van der Waals surface area contributed by atoms with Gasteiger partial charge in [-0.25, -0.2) is 4.79 Å². The van der Waals surface area contributed by atoms with Crippen LogP contribution in [0.15, 0.2) is 0 Å². The third kappa shape index (κ3) is 1.87. The van der Waals surface area contributed by atoms with Crippen molar-refractivity contribution in [1.82, 2.24) is 9.78 Å². The summed E-state index contributed by atoms with van der Waals surface area (Å²) in [6.45, 7) is 0. The molecule has 0 atom stereocenters. The van der Waals surface area contributed by atoms with E-state index in [0.717, 1.165) is 13.1 Å². The number of alkyl halides is 5. The average molecular weight is 269 g/mol. The van der Waals surface area contributed by atoms with Crippen molar-refractivity contribution in [3.8, 4) is 6.07 Å². The number of halogens is 5. The summed E-state index contributed by atoms with van der Waals surface area (Å²) >= 11 is 0. The topological polar surface area (TPSA) is 78.9 Å². The Kier molecular flexibility index (Phi) is 3.04. The number of carboxylic acid groups (broad SMARTS) is 1. The van der Waals surface area contributed by atoms with Gasteiger partial charge in [-0.3, -0.25) is 4.68 Å². The SMILES string of the molecule is Cn1nc(C(F)(F)C(F)(F)F)c(C#N)c1C(=O)O. The molecule has 0 saturated carbocycles. The number of aromatic nitrogens is 2. The number of hydrogen-bond acceptors (Lipinski definition) is 3. The standard InChI is InChI=1S/C8H4F5N3O2/c1-16-4(6(17)18)3(2-14)5(15-16)7(9,10)8(11,12)13/h1H3,(H,17,18). The summed E-state index contributed by atoms with van der Waals surface area (Å²) < 4.78 is 62.7. The van der Waals surface area contributed by atoms with Crippen LogP contribution < -0.4 is 0 Å². The molecule has 0 aliphatic carbocycles. The van der Waals surface area contributed by atoms with Gasteiger partial charge in [-0.1, -0.05) is 0 Å². The summed E-state index contributed by atoms with van der Waals surface area (Å²) in [6, 6.07) is 1.00. The van der Waals surface area contributed by atoms with Gasteiger partial charge < -0.3 is 5.11 Å². The van der Waals surface area contributed by atoms with E-state index in [2.05, 4.69) is 5.10 Å². The fraction of sp³-hybridized carbons (Fsp3) is 0.375. The van der Waals surface area contributed by atoms with Gasteiger partial charge in [0.1, 0.15) is 11.6 Å². The van der Waals surface area contributed by atoms with Crippen molar-refractivity contribution in [2.75, 3.05) is 0 Å². The summed E-state index contributed by atoms with van der Waals surface area (Å²) in [7, 11) is 0.847. The molecule has 0 radical (unpaired) electrons. The van der Waals surface area contributed by atoms with Crippen LogP contribution in [0.1, 0.15) is 21.7 Å². The van der Waals surface area contributed by atoms with Gasteiger partial charge in [-0.15, -0.1) is 0 Å². The van der Waals surface area contributed by atoms with Gasteiger partial charge in [0.15, 0.2) is 11.4 Å². The molecule has 0 bridgehead atoms. The Balaban J connectivity index is 3.60. The summed E-state index contributed by atoms with van der Waals surface area (Å²) in [5.74, 6) is -7.23. The van der Waals surface area contributed by atoms with Crippen molar-refractivity contribution in [3.63, 3.8) is 0 Å². The number of nitriles is 1. The molecule has 0 spiro atoms. The van der Waals surface area contributed by atoms with Crippen LogP contribution >= 0.6 is 0 Å². The Morgan fingerprint density at radius 2 is 1.89 bits per heavy atom. The highest BCUT2D eigenvalue weighted by molar-refractivity contribution is 5.89. The molecule has 1 aromatic rings. The molecule has 0 aliphatic heterocycles. The predicted octanol–water partition coefficient (Wildman–Crippen LogP) is 1.64. The lowest BCUT2D eigenvalue weighted by Gasteiger charge is -2.17. The van der Waals surface area contributed by atoms with Crippen LogP contribution in [-0.4, -0.2) is 27.0 Å². The van der Waals surface area contributed by atoms with Gasteiger partial charge in [0.05, 0.1) is 0 Å². The molecule has 1 heterocycles. The zero-order valence-electron chi connectivity index (χ0n) is 8.59. The Morgan fingerprint density at radius 3 is 2.22 bits per heavy atom. The average Bonchev–Trinajstić information content (AvgIpc) is 2.53. The smallest absolute Gasteiger partial charge is 0.459 e. The number of aryl methyl sites for hydroxylation is 1. The highest BCUT2D eigenvalue weighted by Gasteiger charge is 2.62. The molecule has 0 aromatic carbocycles. The first kappa shape index (κ1) is 13.9. The van der Waals surface area contributed by atoms with Crippen LogP contribution in [0.25, 0.3) is 0 Å². The molecule has 0 unspecified atom stereocenters. The number of carboxylic acids is 1. The minimum atomic E-state index is -5.97. The Bertz CT molecular complexity index is 540. The van der Waals surface area contributed by atoms with Crippen molar-refractivity contribution in [2.24, 2.45) is 7.05 Å². The van der Waals surface area contributed by atoms with Crippen LogP contribution in [-0.2, 0) is 13.0 Å². The lowest BCUT2D eigenvalue weighted by Crippen LogP contribution is -2.34. The molecule has 0 amide bonds. The van der Waals surface area contributed by atoms with Gasteiger partial charge in [0, 0.05) is 7.05 Å². The van der Waals surface area contributed by atoms with Crippen LogP contribution in [0.3, 0.4) is 0 Å². The quantitative estimate of drug-likeness (QED) is 0.828. The second kappa shape index (κ2) is 3.94. The number of rotatable bonds is 2. The van der Waals surface area contributed by atoms with Crippen LogP contribution in [0, 0.1) is 11.3 Å². The maximum atomic E-state index is 13.0. The molecule has 0 aliphatic rings. The maximum absolute atomic E-state index is 13.0. The molecule has 0 saturated heterocycles. The molecule has 5 nitrogen and oxygen atoms in total. The van der Waals surface area contributed by atoms with E-state index in [4.69, 9.17) is 10.4 Å². The van der Waals surface area contributed by atoms with E-state index in [1.165, 1.54) is 0 Å². The second-order valence-electron chi connectivity index (χ2n) is 3.18. The lowest BCUT2D eigenvalue weighted by atomic mass is 10.1. The first-order valence-electron chi connectivity index (χ1n) is 4.19. The summed E-state index contributed by atoms with van der Waals surface area (Å²) in [5, 5.41) is 19.9. The predicted molar refractivity (Wildman–Crippen MR) is 44.8 cm³/mol. The van der Waals surface area contributed by atoms with E-state index in [-0.39, 0.29) is 4.68 Å². The van der Waals surface area contributed by atoms with Crippen molar-refractivity contribution < 1.29 is 31.9 Å². The zero-order chi connectivity index (χ0) is 14.3. The van der Waals surface area contributed by atoms with Crippen molar-refractivity contribution >= 4 is 5.97 Å². The number of nitrogens with zero attached hydrogens (tertiary/aromatic N) is 3. The zero-order valence-corrected chi connectivity index (χ0v) is 8.59. The Hall–Kier alpha value is -2.18. The van der Waals surface area contributed by atoms with Crippen LogP contribution in [0.5, 0.6) is 0 Å². The first-order valence-corrected chi connectivity index (χ1v) is 4.19. The van der Waals surface area contributed by atoms with E-state index in [1.54, 1.807) is 0 Å². The highest BCUT2D eigenvalue weighted by atomic mass is 19.4. The van der Waals surface area contributed by atoms with Crippen LogP contribution in [0.4, 0.5) is 22.0 Å².